The molecule has 0 unspecified atom stereocenters. The lowest BCUT2D eigenvalue weighted by Crippen LogP contribution is -2.03. The molecule has 0 aliphatic rings. The number of rotatable bonds is 1. The van der Waals surface area contributed by atoms with Crippen molar-refractivity contribution in [3.05, 3.63) is 46.2 Å². The van der Waals surface area contributed by atoms with Gasteiger partial charge in [0.05, 0.1) is 12.7 Å². The van der Waals surface area contributed by atoms with Crippen LogP contribution >= 0.6 is 15.9 Å². The molecule has 2 rings (SSSR count). The van der Waals surface area contributed by atoms with Crippen LogP contribution in [0.3, 0.4) is 0 Å². The van der Waals surface area contributed by atoms with Gasteiger partial charge in [-0.1, -0.05) is 28.1 Å². The van der Waals surface area contributed by atoms with E-state index >= 15 is 0 Å². The fourth-order valence-corrected chi connectivity index (χ4v) is 2.21. The van der Waals surface area contributed by atoms with E-state index in [-0.39, 0.29) is 5.56 Å². The monoisotopic (exact) mass is 282 g/mol. The summed E-state index contributed by atoms with van der Waals surface area (Å²) in [5.74, 6) is -0.998. The lowest BCUT2D eigenvalue weighted by atomic mass is 10.0. The number of benzene rings is 2. The Bertz CT molecular complexity index is 566. The molecule has 0 aliphatic carbocycles. The van der Waals surface area contributed by atoms with Crippen LogP contribution in [0.1, 0.15) is 10.4 Å². The van der Waals surface area contributed by atoms with Crippen molar-refractivity contribution in [2.75, 3.05) is 7.11 Å². The van der Waals surface area contributed by atoms with Crippen LogP contribution in [0.15, 0.2) is 34.8 Å². The number of halogens is 2. The van der Waals surface area contributed by atoms with Gasteiger partial charge in [-0.2, -0.15) is 0 Å². The fraction of sp³-hybridized carbons (Fsp3) is 0.0833. The molecule has 82 valence electrons. The van der Waals surface area contributed by atoms with Crippen molar-refractivity contribution >= 4 is 32.7 Å². The summed E-state index contributed by atoms with van der Waals surface area (Å²) in [7, 11) is 1.27. The van der Waals surface area contributed by atoms with E-state index < -0.39 is 11.8 Å². The summed E-state index contributed by atoms with van der Waals surface area (Å²) in [6.07, 6.45) is 0. The molecule has 2 aromatic carbocycles. The number of hydrogen-bond donors (Lipinski definition) is 0. The van der Waals surface area contributed by atoms with Crippen LogP contribution in [-0.2, 0) is 4.74 Å². The Morgan fingerprint density at radius 2 is 2.12 bits per heavy atom. The maximum Gasteiger partial charge on any atom is 0.338 e. The largest absolute Gasteiger partial charge is 0.465 e. The van der Waals surface area contributed by atoms with Crippen LogP contribution in [0, 0.1) is 5.82 Å². The van der Waals surface area contributed by atoms with Crippen LogP contribution < -0.4 is 0 Å². The standard InChI is InChI=1S/C12H8BrFO2/c1-16-12(15)9-6-8(14)5-7-3-2-4-10(13)11(7)9/h2-6H,1H3. The van der Waals surface area contributed by atoms with E-state index in [1.54, 1.807) is 18.2 Å². The second-order valence-corrected chi connectivity index (χ2v) is 4.14. The minimum Gasteiger partial charge on any atom is -0.465 e. The zero-order valence-electron chi connectivity index (χ0n) is 8.46. The maximum absolute atomic E-state index is 13.3. The fourth-order valence-electron chi connectivity index (χ4n) is 1.62. The highest BCUT2D eigenvalue weighted by molar-refractivity contribution is 9.10. The van der Waals surface area contributed by atoms with Gasteiger partial charge in [0.1, 0.15) is 5.82 Å². The Morgan fingerprint density at radius 3 is 2.81 bits per heavy atom. The zero-order valence-corrected chi connectivity index (χ0v) is 10.0. The van der Waals surface area contributed by atoms with Crippen molar-refractivity contribution in [2.45, 2.75) is 0 Å². The Labute approximate surface area is 100 Å². The predicted molar refractivity (Wildman–Crippen MR) is 62.9 cm³/mol. The molecular formula is C12H8BrFO2. The van der Waals surface area contributed by atoms with E-state index in [4.69, 9.17) is 0 Å². The Hall–Kier alpha value is -1.42. The predicted octanol–water partition coefficient (Wildman–Crippen LogP) is 3.53. The molecule has 0 aromatic heterocycles. The highest BCUT2D eigenvalue weighted by atomic mass is 79.9. The van der Waals surface area contributed by atoms with Gasteiger partial charge in [0, 0.05) is 9.86 Å². The number of hydrogen-bond acceptors (Lipinski definition) is 2. The average molecular weight is 283 g/mol. The second-order valence-electron chi connectivity index (χ2n) is 3.28. The smallest absolute Gasteiger partial charge is 0.338 e. The van der Waals surface area contributed by atoms with Gasteiger partial charge in [0.15, 0.2) is 0 Å². The number of ether oxygens (including phenoxy) is 1. The molecule has 2 nitrogen and oxygen atoms in total. The number of fused-ring (bicyclic) bond motifs is 1. The highest BCUT2D eigenvalue weighted by Gasteiger charge is 2.14. The molecular weight excluding hydrogens is 275 g/mol. The van der Waals surface area contributed by atoms with Crippen LogP contribution in [0.5, 0.6) is 0 Å². The minimum absolute atomic E-state index is 0.227. The van der Waals surface area contributed by atoms with Crippen molar-refractivity contribution in [1.82, 2.24) is 0 Å². The normalized spacial score (nSPS) is 10.4. The molecule has 0 radical (unpaired) electrons. The third-order valence-electron chi connectivity index (χ3n) is 2.30. The van der Waals surface area contributed by atoms with Gasteiger partial charge in [0.25, 0.3) is 0 Å². The molecule has 0 N–H and O–H groups in total. The van der Waals surface area contributed by atoms with E-state index in [0.717, 1.165) is 4.47 Å². The topological polar surface area (TPSA) is 26.3 Å². The molecule has 0 amide bonds. The molecule has 0 aliphatic heterocycles. The first-order chi connectivity index (χ1) is 7.63. The number of esters is 1. The zero-order chi connectivity index (χ0) is 11.7. The lowest BCUT2D eigenvalue weighted by Gasteiger charge is -2.07. The van der Waals surface area contributed by atoms with Gasteiger partial charge in [-0.25, -0.2) is 9.18 Å². The van der Waals surface area contributed by atoms with E-state index in [1.165, 1.54) is 19.2 Å². The molecule has 16 heavy (non-hydrogen) atoms. The van der Waals surface area contributed by atoms with Gasteiger partial charge in [0.2, 0.25) is 0 Å². The molecule has 4 heteroatoms. The number of carbonyl (C=O) groups excluding carboxylic acids is 1. The van der Waals surface area contributed by atoms with E-state index in [9.17, 15) is 9.18 Å². The summed E-state index contributed by atoms with van der Waals surface area (Å²) >= 11 is 3.34. The van der Waals surface area contributed by atoms with Gasteiger partial charge in [-0.3, -0.25) is 0 Å². The van der Waals surface area contributed by atoms with E-state index in [1.807, 2.05) is 0 Å². The number of methoxy groups -OCH3 is 1. The summed E-state index contributed by atoms with van der Waals surface area (Å²) in [4.78, 5) is 11.5. The molecule has 0 atom stereocenters. The molecule has 0 saturated heterocycles. The summed E-state index contributed by atoms with van der Waals surface area (Å²) in [5.41, 5.74) is 0.227. The highest BCUT2D eigenvalue weighted by Crippen LogP contribution is 2.28. The first-order valence-corrected chi connectivity index (χ1v) is 5.39. The minimum atomic E-state index is -0.545. The van der Waals surface area contributed by atoms with E-state index in [2.05, 4.69) is 20.7 Å². The van der Waals surface area contributed by atoms with Gasteiger partial charge < -0.3 is 4.74 Å². The molecule has 0 fully saturated rings. The number of carbonyl (C=O) groups is 1. The summed E-state index contributed by atoms with van der Waals surface area (Å²) < 4.78 is 18.7. The quantitative estimate of drug-likeness (QED) is 0.748. The summed E-state index contributed by atoms with van der Waals surface area (Å²) in [6.45, 7) is 0. The first kappa shape index (κ1) is 11.1. The van der Waals surface area contributed by atoms with Crippen molar-refractivity contribution in [2.24, 2.45) is 0 Å². The molecule has 0 bridgehead atoms. The second kappa shape index (κ2) is 4.22. The summed E-state index contributed by atoms with van der Waals surface area (Å²) in [6, 6.07) is 7.89. The molecule has 0 saturated carbocycles. The average Bonchev–Trinajstić information content (AvgIpc) is 2.27. The van der Waals surface area contributed by atoms with Crippen LogP contribution in [0.4, 0.5) is 4.39 Å². The third kappa shape index (κ3) is 1.80. The van der Waals surface area contributed by atoms with Crippen molar-refractivity contribution in [3.63, 3.8) is 0 Å². The van der Waals surface area contributed by atoms with Crippen molar-refractivity contribution in [1.29, 1.82) is 0 Å². The maximum atomic E-state index is 13.3. The van der Waals surface area contributed by atoms with Crippen LogP contribution in [0.2, 0.25) is 0 Å². The van der Waals surface area contributed by atoms with Gasteiger partial charge in [-0.05, 0) is 23.6 Å². The molecule has 0 heterocycles. The van der Waals surface area contributed by atoms with E-state index in [0.29, 0.717) is 10.8 Å². The lowest BCUT2D eigenvalue weighted by molar-refractivity contribution is 0.0602. The first-order valence-electron chi connectivity index (χ1n) is 4.59. The van der Waals surface area contributed by atoms with Crippen LogP contribution in [-0.4, -0.2) is 13.1 Å². The Balaban J connectivity index is 2.85. The van der Waals surface area contributed by atoms with Gasteiger partial charge in [-0.15, -0.1) is 0 Å². The Morgan fingerprint density at radius 1 is 1.38 bits per heavy atom. The van der Waals surface area contributed by atoms with Crippen molar-refractivity contribution < 1.29 is 13.9 Å². The Kier molecular flexibility index (Phi) is 2.92. The summed E-state index contributed by atoms with van der Waals surface area (Å²) in [5, 5.41) is 1.32. The van der Waals surface area contributed by atoms with Crippen LogP contribution in [0.25, 0.3) is 10.8 Å². The molecule has 0 spiro atoms. The molecule has 2 aromatic rings. The van der Waals surface area contributed by atoms with Gasteiger partial charge >= 0.3 is 5.97 Å². The SMILES string of the molecule is COC(=O)c1cc(F)cc2cccc(Br)c12. The third-order valence-corrected chi connectivity index (χ3v) is 2.96. The van der Waals surface area contributed by atoms with Crippen molar-refractivity contribution in [3.8, 4) is 0 Å².